The van der Waals surface area contributed by atoms with Crippen molar-refractivity contribution in [3.05, 3.63) is 36.5 Å². The van der Waals surface area contributed by atoms with Crippen molar-refractivity contribution < 1.29 is 23.8 Å². The third-order valence-corrected chi connectivity index (χ3v) is 13.7. The monoisotopic (exact) mass is 955 g/mol. The van der Waals surface area contributed by atoms with Crippen LogP contribution in [0, 0.1) is 0 Å². The summed E-state index contributed by atoms with van der Waals surface area (Å²) in [6.07, 6.45) is 73.2. The van der Waals surface area contributed by atoms with Crippen LogP contribution in [-0.4, -0.2) is 37.9 Å². The minimum atomic E-state index is -0.540. The normalized spacial score (nSPS) is 12.3. The fourth-order valence-electron chi connectivity index (χ4n) is 9.18. The first-order chi connectivity index (χ1) is 33.6. The van der Waals surface area contributed by atoms with E-state index < -0.39 is 6.10 Å². The number of esters is 2. The number of carbonyl (C=O) groups excluding carboxylic acids is 2. The number of rotatable bonds is 57. The van der Waals surface area contributed by atoms with Crippen LogP contribution in [-0.2, 0) is 23.8 Å². The molecular formula is C63H118O5. The summed E-state index contributed by atoms with van der Waals surface area (Å²) in [6.45, 7) is 7.78. The molecule has 0 aromatic rings. The Morgan fingerprint density at radius 1 is 0.338 bits per heavy atom. The van der Waals surface area contributed by atoms with Crippen LogP contribution in [0.25, 0.3) is 0 Å². The molecule has 0 rings (SSSR count). The zero-order valence-corrected chi connectivity index (χ0v) is 46.1. The standard InChI is InChI=1S/C63H118O5/c1-4-7-10-13-16-19-22-25-28-30-31-32-34-37-40-43-46-49-52-55-58-66-59-61(68-63(65)57-54-51-48-45-42-39-35-27-24-21-18-15-12-9-6-3)60-67-62(64)56-53-50-47-44-41-38-36-33-29-26-23-20-17-14-11-8-5-2/h9,12,18,21,27,35,61H,4-8,10-11,13-17,19-20,22-26,28-34,36-60H2,1-3H3/b12-9-,21-18-,35-27-. The van der Waals surface area contributed by atoms with Crippen molar-refractivity contribution >= 4 is 11.9 Å². The molecule has 68 heavy (non-hydrogen) atoms. The van der Waals surface area contributed by atoms with E-state index in [0.717, 1.165) is 64.2 Å². The van der Waals surface area contributed by atoms with Gasteiger partial charge in [-0.2, -0.15) is 0 Å². The van der Waals surface area contributed by atoms with Crippen LogP contribution in [0.5, 0.6) is 0 Å². The van der Waals surface area contributed by atoms with Gasteiger partial charge in [-0.15, -0.1) is 0 Å². The Morgan fingerprint density at radius 2 is 0.662 bits per heavy atom. The molecule has 5 nitrogen and oxygen atoms in total. The minimum absolute atomic E-state index is 0.0853. The lowest BCUT2D eigenvalue weighted by molar-refractivity contribution is -0.163. The van der Waals surface area contributed by atoms with Gasteiger partial charge in [-0.3, -0.25) is 9.59 Å². The lowest BCUT2D eigenvalue weighted by Gasteiger charge is -2.18. The van der Waals surface area contributed by atoms with E-state index in [2.05, 4.69) is 57.2 Å². The number of allylic oxidation sites excluding steroid dienone is 6. The Balaban J connectivity index is 4.21. The summed E-state index contributed by atoms with van der Waals surface area (Å²) in [5.41, 5.74) is 0. The Labute approximate surface area is 425 Å². The van der Waals surface area contributed by atoms with Gasteiger partial charge in [-0.1, -0.05) is 301 Å². The average molecular weight is 956 g/mol. The smallest absolute Gasteiger partial charge is 0.306 e. The van der Waals surface area contributed by atoms with Crippen molar-refractivity contribution in [2.75, 3.05) is 19.8 Å². The van der Waals surface area contributed by atoms with E-state index in [0.29, 0.717) is 19.4 Å². The molecule has 400 valence electrons. The van der Waals surface area contributed by atoms with Gasteiger partial charge in [-0.05, 0) is 51.4 Å². The average Bonchev–Trinajstić information content (AvgIpc) is 3.34. The fraction of sp³-hybridized carbons (Fsp3) is 0.873. The SMILES string of the molecule is CC/C=C\C/C=C\C/C=C\CCCCCCCC(=O)OC(COCCCCCCCCCCCCCCCCCCCCCC)COC(=O)CCCCCCCCCCCCCCCCCCC. The van der Waals surface area contributed by atoms with Gasteiger partial charge in [0.25, 0.3) is 0 Å². The minimum Gasteiger partial charge on any atom is -0.462 e. The molecule has 0 amide bonds. The van der Waals surface area contributed by atoms with Gasteiger partial charge in [0.2, 0.25) is 0 Å². The molecule has 0 fully saturated rings. The van der Waals surface area contributed by atoms with Gasteiger partial charge in [0.15, 0.2) is 6.10 Å². The molecule has 1 unspecified atom stereocenters. The predicted octanol–water partition coefficient (Wildman–Crippen LogP) is 20.9. The van der Waals surface area contributed by atoms with Crippen LogP contribution in [0.2, 0.25) is 0 Å². The second-order valence-corrected chi connectivity index (χ2v) is 20.6. The van der Waals surface area contributed by atoms with E-state index in [1.54, 1.807) is 0 Å². The maximum Gasteiger partial charge on any atom is 0.306 e. The molecule has 0 heterocycles. The molecule has 0 aliphatic rings. The van der Waals surface area contributed by atoms with E-state index in [1.165, 1.54) is 231 Å². The number of carbonyl (C=O) groups is 2. The van der Waals surface area contributed by atoms with Crippen molar-refractivity contribution in [2.45, 2.75) is 335 Å². The zero-order valence-electron chi connectivity index (χ0n) is 46.1. The molecule has 0 saturated carbocycles. The largest absolute Gasteiger partial charge is 0.462 e. The molecule has 0 bridgehead atoms. The molecule has 0 aliphatic carbocycles. The fourth-order valence-corrected chi connectivity index (χ4v) is 9.18. The highest BCUT2D eigenvalue weighted by atomic mass is 16.6. The summed E-state index contributed by atoms with van der Waals surface area (Å²) >= 11 is 0. The first-order valence-corrected chi connectivity index (χ1v) is 30.5. The van der Waals surface area contributed by atoms with Crippen LogP contribution < -0.4 is 0 Å². The topological polar surface area (TPSA) is 61.8 Å². The van der Waals surface area contributed by atoms with E-state index >= 15 is 0 Å². The Hall–Kier alpha value is -1.88. The highest BCUT2D eigenvalue weighted by Crippen LogP contribution is 2.17. The molecule has 5 heteroatoms. The second-order valence-electron chi connectivity index (χ2n) is 20.6. The third kappa shape index (κ3) is 56.7. The van der Waals surface area contributed by atoms with Crippen LogP contribution >= 0.6 is 0 Å². The maximum atomic E-state index is 12.9. The van der Waals surface area contributed by atoms with Crippen molar-refractivity contribution in [2.24, 2.45) is 0 Å². The number of hydrogen-bond acceptors (Lipinski definition) is 5. The van der Waals surface area contributed by atoms with Crippen LogP contribution in [0.1, 0.15) is 329 Å². The first-order valence-electron chi connectivity index (χ1n) is 30.5. The van der Waals surface area contributed by atoms with Gasteiger partial charge >= 0.3 is 11.9 Å². The van der Waals surface area contributed by atoms with Gasteiger partial charge in [0.05, 0.1) is 6.61 Å². The van der Waals surface area contributed by atoms with E-state index in [-0.39, 0.29) is 25.2 Å². The van der Waals surface area contributed by atoms with E-state index in [9.17, 15) is 9.59 Å². The molecule has 0 saturated heterocycles. The summed E-state index contributed by atoms with van der Waals surface area (Å²) in [4.78, 5) is 25.5. The molecule has 1 atom stereocenters. The number of hydrogen-bond donors (Lipinski definition) is 0. The van der Waals surface area contributed by atoms with Crippen LogP contribution in [0.3, 0.4) is 0 Å². The summed E-state index contributed by atoms with van der Waals surface area (Å²) in [5, 5.41) is 0. The van der Waals surface area contributed by atoms with Gasteiger partial charge < -0.3 is 14.2 Å². The second kappa shape index (κ2) is 59.4. The van der Waals surface area contributed by atoms with Crippen LogP contribution in [0.15, 0.2) is 36.5 Å². The quantitative estimate of drug-likeness (QED) is 0.0345. The Morgan fingerprint density at radius 3 is 1.06 bits per heavy atom. The maximum absolute atomic E-state index is 12.9. The Kier molecular flexibility index (Phi) is 57.8. The van der Waals surface area contributed by atoms with Gasteiger partial charge in [-0.25, -0.2) is 0 Å². The van der Waals surface area contributed by atoms with Gasteiger partial charge in [0, 0.05) is 19.4 Å². The van der Waals surface area contributed by atoms with Crippen LogP contribution in [0.4, 0.5) is 0 Å². The number of unbranched alkanes of at least 4 members (excludes halogenated alkanes) is 40. The summed E-state index contributed by atoms with van der Waals surface area (Å²) in [7, 11) is 0. The molecule has 0 radical (unpaired) electrons. The molecular weight excluding hydrogens is 837 g/mol. The summed E-state index contributed by atoms with van der Waals surface area (Å²) < 4.78 is 17.5. The zero-order chi connectivity index (χ0) is 49.2. The lowest BCUT2D eigenvalue weighted by Crippen LogP contribution is -2.30. The summed E-state index contributed by atoms with van der Waals surface area (Å²) in [6, 6.07) is 0. The van der Waals surface area contributed by atoms with Crippen molar-refractivity contribution in [3.8, 4) is 0 Å². The van der Waals surface area contributed by atoms with E-state index in [1.807, 2.05) is 0 Å². The third-order valence-electron chi connectivity index (χ3n) is 13.7. The summed E-state index contributed by atoms with van der Waals surface area (Å²) in [5.74, 6) is -0.393. The number of ether oxygens (including phenoxy) is 3. The van der Waals surface area contributed by atoms with Crippen molar-refractivity contribution in [1.29, 1.82) is 0 Å². The Bertz CT molecular complexity index is 1080. The lowest BCUT2D eigenvalue weighted by atomic mass is 10.0. The first kappa shape index (κ1) is 66.1. The molecule has 0 aromatic carbocycles. The molecule has 0 spiro atoms. The molecule has 0 N–H and O–H groups in total. The van der Waals surface area contributed by atoms with E-state index in [4.69, 9.17) is 14.2 Å². The van der Waals surface area contributed by atoms with Crippen molar-refractivity contribution in [3.63, 3.8) is 0 Å². The predicted molar refractivity (Wildman–Crippen MR) is 298 cm³/mol. The van der Waals surface area contributed by atoms with Crippen molar-refractivity contribution in [1.82, 2.24) is 0 Å². The molecule has 0 aliphatic heterocycles. The highest BCUT2D eigenvalue weighted by molar-refractivity contribution is 5.70. The molecule has 0 aromatic heterocycles. The van der Waals surface area contributed by atoms with Gasteiger partial charge in [0.1, 0.15) is 6.61 Å². The highest BCUT2D eigenvalue weighted by Gasteiger charge is 2.17.